The molecule has 4 heteroatoms. The van der Waals surface area contributed by atoms with Crippen molar-refractivity contribution in [3.8, 4) is 0 Å². The van der Waals surface area contributed by atoms with Crippen LogP contribution in [0.1, 0.15) is 26.7 Å². The van der Waals surface area contributed by atoms with E-state index in [1.54, 1.807) is 0 Å². The maximum Gasteiger partial charge on any atom is 0.767 e. The minimum Gasteiger partial charge on any atom is -0.499 e. The quantitative estimate of drug-likeness (QED) is 0.571. The molecule has 1 atom stereocenters. The van der Waals surface area contributed by atoms with Gasteiger partial charge in [0, 0.05) is 0 Å². The Labute approximate surface area is 63.2 Å². The predicted molar refractivity (Wildman–Crippen MR) is 38.9 cm³/mol. The predicted octanol–water partition coefficient (Wildman–Crippen LogP) is 1.25. The Morgan fingerprint density at radius 1 is 1.60 bits per heavy atom. The van der Waals surface area contributed by atoms with E-state index in [9.17, 15) is 4.46 Å². The van der Waals surface area contributed by atoms with Crippen LogP contribution in [0.25, 0.3) is 0 Å². The molecule has 0 aromatic carbocycles. The average molecular weight is 162 g/mol. The van der Waals surface area contributed by atoms with Crippen LogP contribution in [0.3, 0.4) is 0 Å². The molecule has 0 fully saturated rings. The number of hydrogen-bond acceptors (Lipinski definition) is 3. The zero-order valence-electron chi connectivity index (χ0n) is 6.72. The average Bonchev–Trinajstić information content (AvgIpc) is 1.88. The summed E-state index contributed by atoms with van der Waals surface area (Å²) in [5, 5.41) is 0. The van der Waals surface area contributed by atoms with E-state index in [2.05, 4.69) is 11.3 Å². The third kappa shape index (κ3) is 4.49. The second kappa shape index (κ2) is 5.41. The molecule has 0 aliphatic heterocycles. The number of hydrogen-bond donors (Lipinski definition) is 0. The summed E-state index contributed by atoms with van der Waals surface area (Å²) in [6.07, 6.45) is 2.02. The Morgan fingerprint density at radius 2 is 2.20 bits per heavy atom. The standard InChI is InChI=1S/C6H14O3Si/c1-4-5-6(2)9-10(7)8-3/h6H,4-5H2,1-3H3. The highest BCUT2D eigenvalue weighted by Crippen LogP contribution is 1.99. The smallest absolute Gasteiger partial charge is 0.499 e. The fourth-order valence-corrected chi connectivity index (χ4v) is 1.22. The van der Waals surface area contributed by atoms with Gasteiger partial charge in [0.05, 0.1) is 13.2 Å². The van der Waals surface area contributed by atoms with Gasteiger partial charge in [-0.1, -0.05) is 13.3 Å². The van der Waals surface area contributed by atoms with E-state index in [0.717, 1.165) is 12.8 Å². The lowest BCUT2D eigenvalue weighted by molar-refractivity contribution is 0.136. The van der Waals surface area contributed by atoms with Crippen molar-refractivity contribution in [3.05, 3.63) is 0 Å². The Hall–Kier alpha value is -0.383. The monoisotopic (exact) mass is 162 g/mol. The van der Waals surface area contributed by atoms with Gasteiger partial charge in [0.25, 0.3) is 0 Å². The second-order valence-corrected chi connectivity index (χ2v) is 3.32. The van der Waals surface area contributed by atoms with Crippen molar-refractivity contribution in [2.45, 2.75) is 32.8 Å². The summed E-state index contributed by atoms with van der Waals surface area (Å²) in [7, 11) is -0.811. The van der Waals surface area contributed by atoms with Crippen LogP contribution in [0.5, 0.6) is 0 Å². The van der Waals surface area contributed by atoms with Crippen LogP contribution >= 0.6 is 0 Å². The van der Waals surface area contributed by atoms with Gasteiger partial charge in [-0.25, -0.2) is 0 Å². The summed E-state index contributed by atoms with van der Waals surface area (Å²) in [6.45, 7) is 3.95. The van der Waals surface area contributed by atoms with Crippen LogP contribution in [-0.4, -0.2) is 22.4 Å². The maximum absolute atomic E-state index is 10.6. The molecule has 0 aliphatic carbocycles. The molecule has 60 valence electrons. The van der Waals surface area contributed by atoms with Gasteiger partial charge in [-0.15, -0.1) is 0 Å². The van der Waals surface area contributed by atoms with Crippen LogP contribution in [-0.2, 0) is 13.3 Å². The van der Waals surface area contributed by atoms with E-state index in [-0.39, 0.29) is 6.10 Å². The molecule has 0 heterocycles. The zero-order chi connectivity index (χ0) is 7.98. The van der Waals surface area contributed by atoms with Gasteiger partial charge in [0.15, 0.2) is 0 Å². The summed E-state index contributed by atoms with van der Waals surface area (Å²) in [5.74, 6) is 0. The number of rotatable bonds is 5. The van der Waals surface area contributed by atoms with E-state index >= 15 is 0 Å². The molecule has 0 saturated carbocycles. The molecule has 0 aromatic heterocycles. The Kier molecular flexibility index (Phi) is 5.20. The van der Waals surface area contributed by atoms with Crippen LogP contribution in [0.15, 0.2) is 0 Å². The van der Waals surface area contributed by atoms with Gasteiger partial charge in [0.2, 0.25) is 0 Å². The highest BCUT2D eigenvalue weighted by atomic mass is 28.3. The Morgan fingerprint density at radius 3 is 2.60 bits per heavy atom. The fraction of sp³-hybridized carbons (Fsp3) is 1.00. The fourth-order valence-electron chi connectivity index (χ4n) is 0.678. The van der Waals surface area contributed by atoms with Crippen molar-refractivity contribution in [3.63, 3.8) is 0 Å². The molecule has 0 spiro atoms. The van der Waals surface area contributed by atoms with Crippen molar-refractivity contribution >= 4 is 9.17 Å². The van der Waals surface area contributed by atoms with Gasteiger partial charge in [-0.05, 0) is 13.3 Å². The van der Waals surface area contributed by atoms with E-state index in [1.165, 1.54) is 7.11 Å². The van der Waals surface area contributed by atoms with Gasteiger partial charge < -0.3 is 8.85 Å². The first-order valence-corrected chi connectivity index (χ1v) is 4.67. The molecule has 10 heavy (non-hydrogen) atoms. The highest BCUT2D eigenvalue weighted by molar-refractivity contribution is 6.26. The van der Waals surface area contributed by atoms with Crippen molar-refractivity contribution in [2.24, 2.45) is 0 Å². The minimum absolute atomic E-state index is 0.0522. The molecule has 0 aromatic rings. The SMILES string of the molecule is CCCC(C)O[Si](=O)OC. The van der Waals surface area contributed by atoms with Crippen molar-refractivity contribution in [1.29, 1.82) is 0 Å². The topological polar surface area (TPSA) is 35.5 Å². The van der Waals surface area contributed by atoms with Crippen molar-refractivity contribution in [2.75, 3.05) is 7.11 Å². The van der Waals surface area contributed by atoms with Gasteiger partial charge in [-0.3, -0.25) is 4.46 Å². The van der Waals surface area contributed by atoms with Crippen LogP contribution in [0.2, 0.25) is 0 Å². The molecular weight excluding hydrogens is 148 g/mol. The highest BCUT2D eigenvalue weighted by Gasteiger charge is 2.12. The van der Waals surface area contributed by atoms with E-state index in [0.29, 0.717) is 0 Å². The lowest BCUT2D eigenvalue weighted by Crippen LogP contribution is -2.17. The van der Waals surface area contributed by atoms with E-state index < -0.39 is 9.17 Å². The minimum atomic E-state index is -2.20. The second-order valence-electron chi connectivity index (χ2n) is 2.17. The zero-order valence-corrected chi connectivity index (χ0v) is 7.72. The lowest BCUT2D eigenvalue weighted by Gasteiger charge is -2.09. The first-order chi connectivity index (χ1) is 4.70. The molecular formula is C6H14O3Si. The molecule has 0 saturated heterocycles. The van der Waals surface area contributed by atoms with E-state index in [4.69, 9.17) is 4.43 Å². The Bertz CT molecular complexity index is 105. The molecule has 0 bridgehead atoms. The van der Waals surface area contributed by atoms with Gasteiger partial charge in [0.1, 0.15) is 0 Å². The third-order valence-corrected chi connectivity index (χ3v) is 2.09. The molecule has 0 aliphatic rings. The van der Waals surface area contributed by atoms with E-state index in [1.807, 2.05) is 6.92 Å². The summed E-state index contributed by atoms with van der Waals surface area (Å²) in [6, 6.07) is 0. The van der Waals surface area contributed by atoms with Crippen LogP contribution in [0.4, 0.5) is 0 Å². The van der Waals surface area contributed by atoms with Crippen molar-refractivity contribution < 1.29 is 13.3 Å². The summed E-state index contributed by atoms with van der Waals surface area (Å²) >= 11 is 0. The molecule has 0 radical (unpaired) electrons. The maximum atomic E-state index is 10.6. The van der Waals surface area contributed by atoms with Crippen LogP contribution in [0, 0.1) is 0 Å². The van der Waals surface area contributed by atoms with Gasteiger partial charge >= 0.3 is 9.17 Å². The van der Waals surface area contributed by atoms with Gasteiger partial charge in [-0.2, -0.15) is 0 Å². The molecule has 0 amide bonds. The first-order valence-electron chi connectivity index (χ1n) is 3.45. The molecule has 3 nitrogen and oxygen atoms in total. The molecule has 1 unspecified atom stereocenters. The largest absolute Gasteiger partial charge is 0.767 e. The lowest BCUT2D eigenvalue weighted by atomic mass is 10.2. The molecule has 0 N–H and O–H groups in total. The summed E-state index contributed by atoms with van der Waals surface area (Å²) in [4.78, 5) is 0. The normalized spacial score (nSPS) is 12.3. The Balaban J connectivity index is 3.37. The molecule has 0 rings (SSSR count). The third-order valence-electron chi connectivity index (χ3n) is 1.16. The summed E-state index contributed by atoms with van der Waals surface area (Å²) in [5.41, 5.74) is 0. The summed E-state index contributed by atoms with van der Waals surface area (Å²) < 4.78 is 20.1. The first kappa shape index (κ1) is 9.62. The van der Waals surface area contributed by atoms with Crippen molar-refractivity contribution in [1.82, 2.24) is 0 Å². The van der Waals surface area contributed by atoms with Crippen LogP contribution < -0.4 is 0 Å².